The number of thiophene rings is 1. The molecule has 0 saturated heterocycles. The molecule has 3 rings (SSSR count). The third-order valence-electron chi connectivity index (χ3n) is 4.57. The van der Waals surface area contributed by atoms with E-state index in [1.807, 2.05) is 13.8 Å². The third kappa shape index (κ3) is 4.29. The van der Waals surface area contributed by atoms with E-state index >= 15 is 0 Å². The van der Waals surface area contributed by atoms with Crippen LogP contribution >= 0.6 is 11.3 Å². The lowest BCUT2D eigenvalue weighted by Crippen LogP contribution is -2.33. The number of Topliss-reactive ketones (excluding diaryl/α,β-unsaturated/α-hetero) is 2. The Balaban J connectivity index is 2.02. The molecule has 0 N–H and O–H groups in total. The minimum Gasteiger partial charge on any atom is -0.294 e. The lowest BCUT2D eigenvalue weighted by molar-refractivity contribution is 0.0921. The molecule has 0 spiro atoms. The first-order valence-corrected chi connectivity index (χ1v) is 11.2. The molecule has 0 fully saturated rings. The fourth-order valence-electron chi connectivity index (χ4n) is 2.85. The highest BCUT2D eigenvalue weighted by atomic mass is 32.2. The van der Waals surface area contributed by atoms with Crippen molar-refractivity contribution in [1.29, 1.82) is 0 Å². The number of aryl methyl sites for hydroxylation is 2. The summed E-state index contributed by atoms with van der Waals surface area (Å²) in [6.45, 7) is 3.74. The molecule has 3 aromatic rings. The maximum absolute atomic E-state index is 13.3. The zero-order chi connectivity index (χ0) is 20.3. The van der Waals surface area contributed by atoms with Crippen molar-refractivity contribution >= 4 is 32.7 Å². The summed E-state index contributed by atoms with van der Waals surface area (Å²) in [7, 11) is -4.03. The molecule has 1 atom stereocenters. The highest BCUT2D eigenvalue weighted by molar-refractivity contribution is 7.92. The Morgan fingerprint density at radius 2 is 1.43 bits per heavy atom. The molecular weight excluding hydrogens is 392 g/mol. The van der Waals surface area contributed by atoms with E-state index in [1.54, 1.807) is 53.2 Å². The first kappa shape index (κ1) is 20.2. The highest BCUT2D eigenvalue weighted by Crippen LogP contribution is 2.25. The average Bonchev–Trinajstić information content (AvgIpc) is 3.21. The largest absolute Gasteiger partial charge is 0.294 e. The smallest absolute Gasteiger partial charge is 0.189 e. The van der Waals surface area contributed by atoms with E-state index in [1.165, 1.54) is 23.5 Å². The van der Waals surface area contributed by atoms with Gasteiger partial charge in [0.15, 0.2) is 21.4 Å². The van der Waals surface area contributed by atoms with Crippen molar-refractivity contribution in [2.75, 3.05) is 0 Å². The molecule has 144 valence electrons. The minimum atomic E-state index is -4.03. The average molecular weight is 413 g/mol. The second kappa shape index (κ2) is 8.20. The zero-order valence-corrected chi connectivity index (χ0v) is 17.2. The summed E-state index contributed by atoms with van der Waals surface area (Å²) in [5.41, 5.74) is 2.58. The van der Waals surface area contributed by atoms with Gasteiger partial charge in [-0.25, -0.2) is 8.42 Å². The molecule has 0 aliphatic heterocycles. The van der Waals surface area contributed by atoms with Gasteiger partial charge in [-0.15, -0.1) is 0 Å². The van der Waals surface area contributed by atoms with E-state index in [4.69, 9.17) is 0 Å². The van der Waals surface area contributed by atoms with Crippen LogP contribution in [0, 0.1) is 13.8 Å². The van der Waals surface area contributed by atoms with Gasteiger partial charge in [-0.2, -0.15) is 11.3 Å². The molecule has 0 bridgehead atoms. The van der Waals surface area contributed by atoms with Gasteiger partial charge in [0.25, 0.3) is 0 Å². The maximum Gasteiger partial charge on any atom is 0.189 e. The first-order chi connectivity index (χ1) is 13.3. The molecule has 0 aliphatic carbocycles. The molecule has 0 saturated carbocycles. The fourth-order valence-corrected chi connectivity index (χ4v) is 5.14. The lowest BCUT2D eigenvalue weighted by atomic mass is 10.0. The summed E-state index contributed by atoms with van der Waals surface area (Å²) in [6.07, 6.45) is -0.389. The van der Waals surface area contributed by atoms with Crippen molar-refractivity contribution in [1.82, 2.24) is 0 Å². The minimum absolute atomic E-state index is 0.0432. The molecule has 0 radical (unpaired) electrons. The Hall–Kier alpha value is -2.57. The van der Waals surface area contributed by atoms with Gasteiger partial charge in [0.1, 0.15) is 5.25 Å². The van der Waals surface area contributed by atoms with Crippen LogP contribution in [-0.4, -0.2) is 25.2 Å². The van der Waals surface area contributed by atoms with Gasteiger partial charge in [0, 0.05) is 22.9 Å². The molecule has 4 nitrogen and oxygen atoms in total. The van der Waals surface area contributed by atoms with Gasteiger partial charge in [0.05, 0.1) is 4.90 Å². The Labute approximate surface area is 168 Å². The standard InChI is InChI=1S/C22H20O4S2/c1-15-3-7-17(8-4-15)22(24)21(13-20(23)18-11-12-27-14-18)28(25,26)19-9-5-16(2)6-10-19/h3-12,14,21H,13H2,1-2H3. The Morgan fingerprint density at radius 1 is 0.857 bits per heavy atom. The highest BCUT2D eigenvalue weighted by Gasteiger charge is 2.36. The van der Waals surface area contributed by atoms with Crippen LogP contribution < -0.4 is 0 Å². The van der Waals surface area contributed by atoms with Gasteiger partial charge in [0.2, 0.25) is 0 Å². The van der Waals surface area contributed by atoms with E-state index in [0.29, 0.717) is 5.56 Å². The Kier molecular flexibility index (Phi) is 5.91. The van der Waals surface area contributed by atoms with Crippen LogP contribution in [-0.2, 0) is 9.84 Å². The number of rotatable bonds is 7. The lowest BCUT2D eigenvalue weighted by Gasteiger charge is -2.17. The van der Waals surface area contributed by atoms with Crippen LogP contribution in [0.25, 0.3) is 0 Å². The van der Waals surface area contributed by atoms with Gasteiger partial charge in [-0.05, 0) is 37.4 Å². The predicted octanol–water partition coefficient (Wildman–Crippen LogP) is 4.66. The molecule has 1 heterocycles. The van der Waals surface area contributed by atoms with E-state index in [-0.39, 0.29) is 22.7 Å². The first-order valence-electron chi connectivity index (χ1n) is 8.76. The number of benzene rings is 2. The van der Waals surface area contributed by atoms with Crippen molar-refractivity contribution in [2.45, 2.75) is 30.4 Å². The number of hydrogen-bond donors (Lipinski definition) is 0. The normalized spacial score (nSPS) is 12.5. The van der Waals surface area contributed by atoms with Gasteiger partial charge < -0.3 is 0 Å². The van der Waals surface area contributed by atoms with Crippen molar-refractivity contribution < 1.29 is 18.0 Å². The van der Waals surface area contributed by atoms with Crippen LogP contribution in [0.5, 0.6) is 0 Å². The molecular formula is C22H20O4S2. The summed E-state index contributed by atoms with van der Waals surface area (Å²) < 4.78 is 26.5. The second-order valence-electron chi connectivity index (χ2n) is 6.72. The summed E-state index contributed by atoms with van der Waals surface area (Å²) >= 11 is 1.35. The van der Waals surface area contributed by atoms with Crippen molar-refractivity contribution in [3.05, 3.63) is 87.6 Å². The number of carbonyl (C=O) groups is 2. The van der Waals surface area contributed by atoms with Crippen molar-refractivity contribution in [3.63, 3.8) is 0 Å². The molecule has 0 amide bonds. The van der Waals surface area contributed by atoms with Crippen LogP contribution in [0.1, 0.15) is 38.3 Å². The summed E-state index contributed by atoms with van der Waals surface area (Å²) in [5, 5.41) is 1.94. The van der Waals surface area contributed by atoms with E-state index in [9.17, 15) is 18.0 Å². The van der Waals surface area contributed by atoms with E-state index in [0.717, 1.165) is 11.1 Å². The topological polar surface area (TPSA) is 68.3 Å². The molecule has 1 aromatic heterocycles. The van der Waals surface area contributed by atoms with E-state index in [2.05, 4.69) is 0 Å². The number of carbonyl (C=O) groups excluding carboxylic acids is 2. The van der Waals surface area contributed by atoms with E-state index < -0.39 is 20.9 Å². The van der Waals surface area contributed by atoms with Crippen LogP contribution in [0.15, 0.2) is 70.3 Å². The molecule has 6 heteroatoms. The third-order valence-corrected chi connectivity index (χ3v) is 7.31. The van der Waals surface area contributed by atoms with Crippen molar-refractivity contribution in [3.8, 4) is 0 Å². The second-order valence-corrected chi connectivity index (χ2v) is 9.63. The molecule has 2 aromatic carbocycles. The summed E-state index contributed by atoms with van der Waals surface area (Å²) in [4.78, 5) is 25.8. The fraction of sp³-hybridized carbons (Fsp3) is 0.182. The molecule has 0 aliphatic rings. The molecule has 28 heavy (non-hydrogen) atoms. The number of ketones is 2. The summed E-state index contributed by atoms with van der Waals surface area (Å²) in [5.74, 6) is -0.924. The van der Waals surface area contributed by atoms with Crippen LogP contribution in [0.2, 0.25) is 0 Å². The van der Waals surface area contributed by atoms with Crippen molar-refractivity contribution in [2.24, 2.45) is 0 Å². The van der Waals surface area contributed by atoms with Crippen LogP contribution in [0.4, 0.5) is 0 Å². The monoisotopic (exact) mass is 412 g/mol. The van der Waals surface area contributed by atoms with Gasteiger partial charge in [-0.3, -0.25) is 9.59 Å². The number of hydrogen-bond acceptors (Lipinski definition) is 5. The quantitative estimate of drug-likeness (QED) is 0.529. The maximum atomic E-state index is 13.3. The Bertz CT molecular complexity index is 1080. The molecule has 1 unspecified atom stereocenters. The Morgan fingerprint density at radius 3 is 1.96 bits per heavy atom. The summed E-state index contributed by atoms with van der Waals surface area (Å²) in [6, 6.07) is 14.7. The zero-order valence-electron chi connectivity index (χ0n) is 15.6. The SMILES string of the molecule is Cc1ccc(C(=O)C(CC(=O)c2ccsc2)S(=O)(=O)c2ccc(C)cc2)cc1. The van der Waals surface area contributed by atoms with Gasteiger partial charge in [-0.1, -0.05) is 47.5 Å². The number of sulfone groups is 1. The van der Waals surface area contributed by atoms with Gasteiger partial charge >= 0.3 is 0 Å². The van der Waals surface area contributed by atoms with Crippen LogP contribution in [0.3, 0.4) is 0 Å². The predicted molar refractivity (Wildman–Crippen MR) is 111 cm³/mol.